The number of aromatic nitrogens is 1. The molecule has 1 aromatic heterocycles. The molecule has 1 aliphatic heterocycles. The first kappa shape index (κ1) is 13.0. The van der Waals surface area contributed by atoms with Crippen molar-refractivity contribution >= 4 is 5.97 Å². The number of carboxylic acid groups (broad SMARTS) is 1. The van der Waals surface area contributed by atoms with Crippen molar-refractivity contribution in [3.8, 4) is 0 Å². The Morgan fingerprint density at radius 3 is 2.50 bits per heavy atom. The van der Waals surface area contributed by atoms with Crippen molar-refractivity contribution in [1.29, 1.82) is 0 Å². The molecular formula is C14H20N2O2. The first-order chi connectivity index (χ1) is 8.58. The van der Waals surface area contributed by atoms with Gasteiger partial charge in [0.15, 0.2) is 0 Å². The molecule has 0 amide bonds. The summed E-state index contributed by atoms with van der Waals surface area (Å²) in [4.78, 5) is 17.0. The Labute approximate surface area is 108 Å². The molecule has 1 aromatic rings. The summed E-state index contributed by atoms with van der Waals surface area (Å²) >= 11 is 0. The average molecular weight is 248 g/mol. The monoisotopic (exact) mass is 248 g/mol. The summed E-state index contributed by atoms with van der Waals surface area (Å²) in [6.45, 7) is 7.66. The second-order valence-electron chi connectivity index (χ2n) is 5.21. The number of hydrogen-bond acceptors (Lipinski definition) is 3. The Hall–Kier alpha value is -1.42. The first-order valence-corrected chi connectivity index (χ1v) is 6.49. The van der Waals surface area contributed by atoms with E-state index in [2.05, 4.69) is 23.7 Å². The van der Waals surface area contributed by atoms with Crippen molar-refractivity contribution in [2.75, 3.05) is 13.1 Å². The van der Waals surface area contributed by atoms with Crippen LogP contribution in [0.2, 0.25) is 0 Å². The molecule has 4 heteroatoms. The molecule has 98 valence electrons. The molecule has 0 atom stereocenters. The summed E-state index contributed by atoms with van der Waals surface area (Å²) < 4.78 is 0. The summed E-state index contributed by atoms with van der Waals surface area (Å²) in [7, 11) is 0. The lowest BCUT2D eigenvalue weighted by atomic mass is 9.75. The number of rotatable bonds is 5. The summed E-state index contributed by atoms with van der Waals surface area (Å²) in [5, 5.41) is 8.77. The fourth-order valence-electron chi connectivity index (χ4n) is 2.61. The molecule has 0 aliphatic carbocycles. The van der Waals surface area contributed by atoms with Crippen LogP contribution in [0.15, 0.2) is 18.3 Å². The van der Waals surface area contributed by atoms with Gasteiger partial charge >= 0.3 is 5.97 Å². The Morgan fingerprint density at radius 2 is 2.06 bits per heavy atom. The number of carbonyl (C=O) groups is 1. The molecule has 0 aromatic carbocycles. The largest absolute Gasteiger partial charge is 0.477 e. The van der Waals surface area contributed by atoms with Crippen molar-refractivity contribution in [2.45, 2.75) is 33.2 Å². The van der Waals surface area contributed by atoms with E-state index < -0.39 is 5.97 Å². The fourth-order valence-corrected chi connectivity index (χ4v) is 2.61. The molecule has 18 heavy (non-hydrogen) atoms. The van der Waals surface area contributed by atoms with Crippen LogP contribution in [0.3, 0.4) is 0 Å². The lowest BCUT2D eigenvalue weighted by Crippen LogP contribution is -2.54. The molecule has 0 spiro atoms. The van der Waals surface area contributed by atoms with Crippen LogP contribution in [0.5, 0.6) is 0 Å². The maximum Gasteiger partial charge on any atom is 0.354 e. The average Bonchev–Trinajstić information content (AvgIpc) is 2.34. The van der Waals surface area contributed by atoms with Crippen LogP contribution in [0.1, 0.15) is 42.7 Å². The predicted molar refractivity (Wildman–Crippen MR) is 69.5 cm³/mol. The minimum atomic E-state index is -0.971. The van der Waals surface area contributed by atoms with Gasteiger partial charge in [-0.15, -0.1) is 0 Å². The topological polar surface area (TPSA) is 53.4 Å². The van der Waals surface area contributed by atoms with Gasteiger partial charge in [0.25, 0.3) is 0 Å². The molecular weight excluding hydrogens is 228 g/mol. The maximum absolute atomic E-state index is 10.7. The summed E-state index contributed by atoms with van der Waals surface area (Å²) in [5.74, 6) is -0.971. The highest BCUT2D eigenvalue weighted by atomic mass is 16.4. The molecule has 2 rings (SSSR count). The van der Waals surface area contributed by atoms with Gasteiger partial charge in [0.05, 0.1) is 0 Å². The number of nitrogens with zero attached hydrogens (tertiary/aromatic N) is 2. The van der Waals surface area contributed by atoms with Crippen LogP contribution in [0, 0.1) is 5.41 Å². The van der Waals surface area contributed by atoms with E-state index in [4.69, 9.17) is 5.11 Å². The second kappa shape index (κ2) is 5.06. The van der Waals surface area contributed by atoms with E-state index in [0.29, 0.717) is 5.41 Å². The van der Waals surface area contributed by atoms with Gasteiger partial charge in [0.2, 0.25) is 0 Å². The molecule has 1 fully saturated rings. The summed E-state index contributed by atoms with van der Waals surface area (Å²) in [6, 6.07) is 3.43. The van der Waals surface area contributed by atoms with Gasteiger partial charge in [-0.3, -0.25) is 4.90 Å². The summed E-state index contributed by atoms with van der Waals surface area (Å²) in [6.07, 6.45) is 4.13. The third-order valence-corrected chi connectivity index (χ3v) is 4.07. The highest BCUT2D eigenvalue weighted by Gasteiger charge is 2.39. The number of pyridine rings is 1. The number of hydrogen-bond donors (Lipinski definition) is 1. The number of likely N-dealkylation sites (tertiary alicyclic amines) is 1. The Morgan fingerprint density at radius 1 is 1.39 bits per heavy atom. The summed E-state index contributed by atoms with van der Waals surface area (Å²) in [5.41, 5.74) is 1.70. The standard InChI is InChI=1S/C14H20N2O2/c1-3-14(4-2)9-16(10-14)8-11-5-6-12(13(17)18)15-7-11/h5-7H,3-4,8-10H2,1-2H3,(H,17,18). The maximum atomic E-state index is 10.7. The van der Waals surface area contributed by atoms with E-state index in [9.17, 15) is 4.79 Å². The van der Waals surface area contributed by atoms with E-state index in [1.807, 2.05) is 6.07 Å². The number of carboxylic acids is 1. The minimum Gasteiger partial charge on any atom is -0.477 e. The molecule has 1 saturated heterocycles. The molecule has 0 unspecified atom stereocenters. The van der Waals surface area contributed by atoms with Crippen molar-refractivity contribution in [3.05, 3.63) is 29.6 Å². The minimum absolute atomic E-state index is 0.110. The van der Waals surface area contributed by atoms with E-state index >= 15 is 0 Å². The van der Waals surface area contributed by atoms with Crippen molar-refractivity contribution in [1.82, 2.24) is 9.88 Å². The van der Waals surface area contributed by atoms with Gasteiger partial charge in [-0.25, -0.2) is 9.78 Å². The van der Waals surface area contributed by atoms with E-state index in [1.54, 1.807) is 12.3 Å². The molecule has 2 heterocycles. The zero-order chi connectivity index (χ0) is 13.2. The molecule has 0 radical (unpaired) electrons. The van der Waals surface area contributed by atoms with Crippen LogP contribution in [0.4, 0.5) is 0 Å². The smallest absolute Gasteiger partial charge is 0.354 e. The molecule has 1 aliphatic rings. The van der Waals surface area contributed by atoms with Gasteiger partial charge in [-0.05, 0) is 29.9 Å². The van der Waals surface area contributed by atoms with Gasteiger partial charge in [-0.1, -0.05) is 19.9 Å². The Kier molecular flexibility index (Phi) is 3.66. The SMILES string of the molecule is CCC1(CC)CN(Cc2ccc(C(=O)O)nc2)C1. The van der Waals surface area contributed by atoms with Crippen LogP contribution in [0.25, 0.3) is 0 Å². The van der Waals surface area contributed by atoms with Gasteiger partial charge in [-0.2, -0.15) is 0 Å². The van der Waals surface area contributed by atoms with E-state index in [0.717, 1.165) is 25.2 Å². The van der Waals surface area contributed by atoms with Gasteiger partial charge in [0, 0.05) is 25.8 Å². The second-order valence-corrected chi connectivity index (χ2v) is 5.21. The Bertz CT molecular complexity index is 416. The molecule has 4 nitrogen and oxygen atoms in total. The zero-order valence-corrected chi connectivity index (χ0v) is 11.0. The van der Waals surface area contributed by atoms with Crippen LogP contribution in [-0.2, 0) is 6.54 Å². The zero-order valence-electron chi connectivity index (χ0n) is 11.0. The van der Waals surface area contributed by atoms with Crippen molar-refractivity contribution < 1.29 is 9.90 Å². The third-order valence-electron chi connectivity index (χ3n) is 4.07. The highest BCUT2D eigenvalue weighted by Crippen LogP contribution is 2.37. The number of aromatic carboxylic acids is 1. The lowest BCUT2D eigenvalue weighted by molar-refractivity contribution is -0.0120. The quantitative estimate of drug-likeness (QED) is 0.869. The van der Waals surface area contributed by atoms with Crippen molar-refractivity contribution in [3.63, 3.8) is 0 Å². The predicted octanol–water partition coefficient (Wildman–Crippen LogP) is 2.40. The van der Waals surface area contributed by atoms with Crippen LogP contribution >= 0.6 is 0 Å². The van der Waals surface area contributed by atoms with Crippen LogP contribution < -0.4 is 0 Å². The van der Waals surface area contributed by atoms with Crippen LogP contribution in [-0.4, -0.2) is 34.0 Å². The Balaban J connectivity index is 1.90. The molecule has 0 bridgehead atoms. The van der Waals surface area contributed by atoms with E-state index in [1.165, 1.54) is 12.8 Å². The van der Waals surface area contributed by atoms with Gasteiger partial charge in [0.1, 0.15) is 5.69 Å². The highest BCUT2D eigenvalue weighted by molar-refractivity contribution is 5.85. The normalized spacial score (nSPS) is 18.3. The van der Waals surface area contributed by atoms with Crippen molar-refractivity contribution in [2.24, 2.45) is 5.41 Å². The fraction of sp³-hybridized carbons (Fsp3) is 0.571. The molecule has 1 N–H and O–H groups in total. The molecule has 0 saturated carbocycles. The first-order valence-electron chi connectivity index (χ1n) is 6.49. The van der Waals surface area contributed by atoms with Gasteiger partial charge < -0.3 is 5.11 Å². The van der Waals surface area contributed by atoms with E-state index in [-0.39, 0.29) is 5.69 Å². The third kappa shape index (κ3) is 2.53. The lowest BCUT2D eigenvalue weighted by Gasteiger charge is -2.50.